The predicted octanol–water partition coefficient (Wildman–Crippen LogP) is 3.82. The molecule has 1 heteroatoms. The van der Waals surface area contributed by atoms with Gasteiger partial charge in [-0.25, -0.2) is 0 Å². The van der Waals surface area contributed by atoms with Crippen LogP contribution in [0.2, 0.25) is 0 Å². The van der Waals surface area contributed by atoms with E-state index in [1.807, 2.05) is 0 Å². The maximum atomic E-state index is 11.7. The van der Waals surface area contributed by atoms with Crippen molar-refractivity contribution in [3.8, 4) is 0 Å². The molecule has 0 radical (unpaired) electrons. The molecule has 0 aromatic rings. The fourth-order valence-electron chi connectivity index (χ4n) is 1.93. The molecule has 0 aromatic carbocycles. The summed E-state index contributed by atoms with van der Waals surface area (Å²) in [6, 6.07) is 0. The fourth-order valence-corrected chi connectivity index (χ4v) is 1.93. The molecule has 0 bridgehead atoms. The van der Waals surface area contributed by atoms with Crippen molar-refractivity contribution in [1.29, 1.82) is 0 Å². The molecular weight excluding hydrogens is 184 g/mol. The topological polar surface area (TPSA) is 17.1 Å². The normalized spacial score (nSPS) is 20.6. The van der Waals surface area contributed by atoms with Gasteiger partial charge in [0, 0.05) is 6.42 Å². The smallest absolute Gasteiger partial charge is 0.158 e. The van der Waals surface area contributed by atoms with Crippen LogP contribution in [-0.2, 0) is 4.79 Å². The van der Waals surface area contributed by atoms with Gasteiger partial charge in [-0.2, -0.15) is 0 Å². The predicted molar refractivity (Wildman–Crippen MR) is 64.7 cm³/mol. The summed E-state index contributed by atoms with van der Waals surface area (Å²) in [5.74, 6) is 0.885. The van der Waals surface area contributed by atoms with E-state index in [0.717, 1.165) is 31.3 Å². The number of ketones is 1. The zero-order chi connectivity index (χ0) is 11.3. The van der Waals surface area contributed by atoms with Gasteiger partial charge < -0.3 is 0 Å². The van der Waals surface area contributed by atoms with Gasteiger partial charge in [-0.3, -0.25) is 4.79 Å². The summed E-state index contributed by atoms with van der Waals surface area (Å²) in [4.78, 5) is 11.7. The lowest BCUT2D eigenvalue weighted by Crippen LogP contribution is -2.11. The average molecular weight is 204 g/mol. The van der Waals surface area contributed by atoms with Crippen molar-refractivity contribution < 1.29 is 4.79 Å². The zero-order valence-corrected chi connectivity index (χ0v) is 9.59. The Kier molecular flexibility index (Phi) is 4.54. The SMILES string of the molecule is C=CCCC(=O)C1=CC[C@@H](C(=C)C)CC1. The molecule has 1 rings (SSSR count). The maximum Gasteiger partial charge on any atom is 0.158 e. The van der Waals surface area contributed by atoms with Crippen molar-refractivity contribution in [2.45, 2.75) is 39.0 Å². The van der Waals surface area contributed by atoms with Gasteiger partial charge in [-0.1, -0.05) is 24.3 Å². The van der Waals surface area contributed by atoms with Gasteiger partial charge in [-0.05, 0) is 44.1 Å². The van der Waals surface area contributed by atoms with Gasteiger partial charge in [0.25, 0.3) is 0 Å². The largest absolute Gasteiger partial charge is 0.295 e. The minimum absolute atomic E-state index is 0.301. The molecule has 0 N–H and O–H groups in total. The number of carbonyl (C=O) groups is 1. The lowest BCUT2D eigenvalue weighted by molar-refractivity contribution is -0.115. The molecule has 1 aliphatic carbocycles. The molecule has 15 heavy (non-hydrogen) atoms. The molecule has 0 unspecified atom stereocenters. The molecule has 0 saturated heterocycles. The molecule has 0 saturated carbocycles. The summed E-state index contributed by atoms with van der Waals surface area (Å²) in [6.45, 7) is 9.67. The average Bonchev–Trinajstić information content (AvgIpc) is 2.26. The van der Waals surface area contributed by atoms with Crippen LogP contribution in [0, 0.1) is 5.92 Å². The molecule has 0 amide bonds. The van der Waals surface area contributed by atoms with Crippen molar-refractivity contribution in [3.63, 3.8) is 0 Å². The highest BCUT2D eigenvalue weighted by molar-refractivity contribution is 5.95. The van der Waals surface area contributed by atoms with Crippen molar-refractivity contribution in [2.24, 2.45) is 5.92 Å². The summed E-state index contributed by atoms with van der Waals surface area (Å²) in [5, 5.41) is 0. The first-order valence-electron chi connectivity index (χ1n) is 5.63. The quantitative estimate of drug-likeness (QED) is 0.622. The molecule has 1 aliphatic rings. The van der Waals surface area contributed by atoms with Crippen LogP contribution < -0.4 is 0 Å². The minimum Gasteiger partial charge on any atom is -0.295 e. The molecule has 1 nitrogen and oxygen atoms in total. The summed E-state index contributed by atoms with van der Waals surface area (Å²) in [6.07, 6.45) is 8.32. The third kappa shape index (κ3) is 3.50. The summed E-state index contributed by atoms with van der Waals surface area (Å²) >= 11 is 0. The second-order valence-electron chi connectivity index (χ2n) is 4.30. The zero-order valence-electron chi connectivity index (χ0n) is 9.59. The highest BCUT2D eigenvalue weighted by Crippen LogP contribution is 2.29. The Bertz CT molecular complexity index is 296. The van der Waals surface area contributed by atoms with Crippen LogP contribution in [0.3, 0.4) is 0 Å². The van der Waals surface area contributed by atoms with Crippen molar-refractivity contribution in [3.05, 3.63) is 36.5 Å². The van der Waals surface area contributed by atoms with E-state index in [1.165, 1.54) is 5.57 Å². The van der Waals surface area contributed by atoms with E-state index in [0.29, 0.717) is 18.1 Å². The van der Waals surface area contributed by atoms with E-state index < -0.39 is 0 Å². The summed E-state index contributed by atoms with van der Waals surface area (Å²) in [7, 11) is 0. The van der Waals surface area contributed by atoms with Gasteiger partial charge in [0.1, 0.15) is 0 Å². The lowest BCUT2D eigenvalue weighted by atomic mass is 9.84. The first kappa shape index (κ1) is 12.0. The summed E-state index contributed by atoms with van der Waals surface area (Å²) in [5.41, 5.74) is 2.26. The van der Waals surface area contributed by atoms with E-state index in [-0.39, 0.29) is 0 Å². The van der Waals surface area contributed by atoms with Crippen LogP contribution in [0.25, 0.3) is 0 Å². The standard InChI is InChI=1S/C14H20O/c1-4-5-6-14(15)13-9-7-12(8-10-13)11(2)3/h4,9,12H,1-2,5-8,10H2,3H3/t12-/m1/s1. The molecule has 0 aliphatic heterocycles. The Hall–Kier alpha value is -1.11. The Balaban J connectivity index is 2.49. The Morgan fingerprint density at radius 1 is 1.67 bits per heavy atom. The Morgan fingerprint density at radius 2 is 2.40 bits per heavy atom. The molecule has 82 valence electrons. The van der Waals surface area contributed by atoms with E-state index in [9.17, 15) is 4.79 Å². The van der Waals surface area contributed by atoms with Gasteiger partial charge in [-0.15, -0.1) is 6.58 Å². The van der Waals surface area contributed by atoms with E-state index >= 15 is 0 Å². The minimum atomic E-state index is 0.301. The number of rotatable bonds is 5. The van der Waals surface area contributed by atoms with Crippen LogP contribution in [0.5, 0.6) is 0 Å². The van der Waals surface area contributed by atoms with E-state index in [1.54, 1.807) is 6.08 Å². The van der Waals surface area contributed by atoms with E-state index in [4.69, 9.17) is 0 Å². The number of hydrogen-bond acceptors (Lipinski definition) is 1. The number of Topliss-reactive ketones (excluding diaryl/α,β-unsaturated/α-hetero) is 1. The van der Waals surface area contributed by atoms with Crippen LogP contribution in [-0.4, -0.2) is 5.78 Å². The van der Waals surface area contributed by atoms with Gasteiger partial charge in [0.15, 0.2) is 5.78 Å². The number of allylic oxidation sites excluding steroid dienone is 4. The van der Waals surface area contributed by atoms with Crippen LogP contribution in [0.4, 0.5) is 0 Å². The monoisotopic (exact) mass is 204 g/mol. The molecule has 0 aromatic heterocycles. The molecule has 0 heterocycles. The Morgan fingerprint density at radius 3 is 2.87 bits per heavy atom. The summed E-state index contributed by atoms with van der Waals surface area (Å²) < 4.78 is 0. The van der Waals surface area contributed by atoms with Gasteiger partial charge in [0.2, 0.25) is 0 Å². The highest BCUT2D eigenvalue weighted by Gasteiger charge is 2.18. The lowest BCUT2D eigenvalue weighted by Gasteiger charge is -2.21. The molecule has 1 atom stereocenters. The number of hydrogen-bond donors (Lipinski definition) is 0. The second-order valence-corrected chi connectivity index (χ2v) is 4.30. The molecular formula is C14H20O. The third-order valence-electron chi connectivity index (χ3n) is 3.04. The molecule has 0 fully saturated rings. The van der Waals surface area contributed by atoms with Gasteiger partial charge >= 0.3 is 0 Å². The van der Waals surface area contributed by atoms with Crippen molar-refractivity contribution in [2.75, 3.05) is 0 Å². The van der Waals surface area contributed by atoms with Crippen LogP contribution in [0.15, 0.2) is 36.5 Å². The Labute approximate surface area is 92.6 Å². The third-order valence-corrected chi connectivity index (χ3v) is 3.04. The maximum absolute atomic E-state index is 11.7. The first-order chi connectivity index (χ1) is 7.15. The van der Waals surface area contributed by atoms with Crippen LogP contribution >= 0.6 is 0 Å². The highest BCUT2D eigenvalue weighted by atomic mass is 16.1. The second kappa shape index (κ2) is 5.69. The first-order valence-corrected chi connectivity index (χ1v) is 5.63. The van der Waals surface area contributed by atoms with E-state index in [2.05, 4.69) is 26.2 Å². The molecule has 0 spiro atoms. The van der Waals surface area contributed by atoms with Crippen LogP contribution in [0.1, 0.15) is 39.0 Å². The fraction of sp³-hybridized carbons (Fsp3) is 0.500. The van der Waals surface area contributed by atoms with Crippen molar-refractivity contribution in [1.82, 2.24) is 0 Å². The van der Waals surface area contributed by atoms with Crippen molar-refractivity contribution >= 4 is 5.78 Å². The van der Waals surface area contributed by atoms with Gasteiger partial charge in [0.05, 0.1) is 0 Å². The number of carbonyl (C=O) groups excluding carboxylic acids is 1.